The van der Waals surface area contributed by atoms with Crippen LogP contribution in [0, 0.1) is 5.92 Å². The Morgan fingerprint density at radius 3 is 2.62 bits per heavy atom. The predicted molar refractivity (Wildman–Crippen MR) is 88.5 cm³/mol. The summed E-state index contributed by atoms with van der Waals surface area (Å²) >= 11 is 0. The molecule has 2 rings (SSSR count). The molecule has 118 valence electrons. The molecule has 1 aromatic rings. The molecular weight excluding hydrogens is 260 g/mol. The van der Waals surface area contributed by atoms with Crippen LogP contribution in [0.15, 0.2) is 18.2 Å². The molecule has 21 heavy (non-hydrogen) atoms. The molecular formula is C18H30N2O. The third kappa shape index (κ3) is 4.45. The van der Waals surface area contributed by atoms with Crippen LogP contribution in [0.25, 0.3) is 0 Å². The Balaban J connectivity index is 2.11. The summed E-state index contributed by atoms with van der Waals surface area (Å²) < 4.78 is 5.79. The van der Waals surface area contributed by atoms with E-state index < -0.39 is 0 Å². The van der Waals surface area contributed by atoms with Crippen LogP contribution in [0.1, 0.15) is 57.2 Å². The van der Waals surface area contributed by atoms with Gasteiger partial charge in [0.05, 0.1) is 6.61 Å². The van der Waals surface area contributed by atoms with E-state index in [1.807, 2.05) is 13.8 Å². The summed E-state index contributed by atoms with van der Waals surface area (Å²) in [7, 11) is 0. The first-order chi connectivity index (χ1) is 10.1. The second kappa shape index (κ2) is 7.81. The highest BCUT2D eigenvalue weighted by Crippen LogP contribution is 2.29. The Bertz CT molecular complexity index is 441. The lowest BCUT2D eigenvalue weighted by Crippen LogP contribution is -2.32. The van der Waals surface area contributed by atoms with Gasteiger partial charge in [0.2, 0.25) is 0 Å². The average molecular weight is 290 g/mol. The predicted octanol–water partition coefficient (Wildman–Crippen LogP) is 3.73. The number of benzene rings is 1. The summed E-state index contributed by atoms with van der Waals surface area (Å²) in [5.41, 5.74) is 8.49. The normalized spacial score (nSPS) is 16.8. The van der Waals surface area contributed by atoms with Crippen molar-refractivity contribution in [2.45, 2.75) is 52.6 Å². The maximum absolute atomic E-state index is 6.03. The Morgan fingerprint density at radius 1 is 1.33 bits per heavy atom. The monoisotopic (exact) mass is 290 g/mol. The van der Waals surface area contributed by atoms with E-state index in [1.54, 1.807) is 0 Å². The van der Waals surface area contributed by atoms with Crippen molar-refractivity contribution in [3.05, 3.63) is 29.3 Å². The summed E-state index contributed by atoms with van der Waals surface area (Å²) in [6.45, 7) is 10.3. The first kappa shape index (κ1) is 16.3. The van der Waals surface area contributed by atoms with Gasteiger partial charge in [0.15, 0.2) is 0 Å². The van der Waals surface area contributed by atoms with Crippen molar-refractivity contribution in [2.24, 2.45) is 11.7 Å². The zero-order chi connectivity index (χ0) is 15.2. The van der Waals surface area contributed by atoms with Crippen molar-refractivity contribution in [3.63, 3.8) is 0 Å². The van der Waals surface area contributed by atoms with Gasteiger partial charge in [-0.1, -0.05) is 19.4 Å². The molecule has 2 N–H and O–H groups in total. The summed E-state index contributed by atoms with van der Waals surface area (Å²) in [6, 6.07) is 6.45. The van der Waals surface area contributed by atoms with Gasteiger partial charge in [-0.3, -0.25) is 4.90 Å². The highest BCUT2D eigenvalue weighted by Gasteiger charge is 2.21. The molecule has 3 heteroatoms. The third-order valence-corrected chi connectivity index (χ3v) is 4.49. The molecule has 1 fully saturated rings. The zero-order valence-corrected chi connectivity index (χ0v) is 13.8. The molecule has 0 aromatic heterocycles. The molecule has 0 radical (unpaired) electrons. The van der Waals surface area contributed by atoms with E-state index in [0.29, 0.717) is 6.61 Å². The Morgan fingerprint density at radius 2 is 2.10 bits per heavy atom. The maximum Gasteiger partial charge on any atom is 0.123 e. The van der Waals surface area contributed by atoms with Crippen molar-refractivity contribution in [3.8, 4) is 5.75 Å². The second-order valence-corrected chi connectivity index (χ2v) is 6.21. The molecule has 1 aliphatic rings. The third-order valence-electron chi connectivity index (χ3n) is 4.49. The number of nitrogens with zero attached hydrogens (tertiary/aromatic N) is 1. The first-order valence-corrected chi connectivity index (χ1v) is 8.37. The summed E-state index contributed by atoms with van der Waals surface area (Å²) in [4.78, 5) is 2.53. The molecule has 1 aromatic carbocycles. The molecule has 0 saturated heterocycles. The van der Waals surface area contributed by atoms with Crippen LogP contribution in [0.5, 0.6) is 5.75 Å². The van der Waals surface area contributed by atoms with E-state index in [-0.39, 0.29) is 6.04 Å². The van der Waals surface area contributed by atoms with Crippen LogP contribution in [-0.2, 0) is 6.54 Å². The summed E-state index contributed by atoms with van der Waals surface area (Å²) in [5.74, 6) is 1.91. The van der Waals surface area contributed by atoms with Crippen LogP contribution in [0.2, 0.25) is 0 Å². The van der Waals surface area contributed by atoms with E-state index in [4.69, 9.17) is 10.5 Å². The molecule has 1 aliphatic carbocycles. The lowest BCUT2D eigenvalue weighted by Gasteiger charge is -2.32. The standard InChI is InChI=1S/C18H30N2O/c1-4-20(12-15-7-6-8-15)13-17-11-16(14(3)19)9-10-18(17)21-5-2/h9-11,14-15H,4-8,12-13,19H2,1-3H3. The first-order valence-electron chi connectivity index (χ1n) is 8.37. The number of ether oxygens (including phenoxy) is 1. The van der Waals surface area contributed by atoms with E-state index in [9.17, 15) is 0 Å². The van der Waals surface area contributed by atoms with E-state index in [1.165, 1.54) is 36.9 Å². The van der Waals surface area contributed by atoms with Crippen LogP contribution in [-0.4, -0.2) is 24.6 Å². The molecule has 0 amide bonds. The van der Waals surface area contributed by atoms with Crippen LogP contribution < -0.4 is 10.5 Å². The minimum atomic E-state index is 0.0705. The number of hydrogen-bond acceptors (Lipinski definition) is 3. The molecule has 1 atom stereocenters. The second-order valence-electron chi connectivity index (χ2n) is 6.21. The Labute approximate surface area is 129 Å². The van der Waals surface area contributed by atoms with Gasteiger partial charge in [-0.25, -0.2) is 0 Å². The summed E-state index contributed by atoms with van der Waals surface area (Å²) in [6.07, 6.45) is 4.20. The minimum Gasteiger partial charge on any atom is -0.494 e. The van der Waals surface area contributed by atoms with E-state index in [0.717, 1.165) is 24.8 Å². The van der Waals surface area contributed by atoms with Crippen molar-refractivity contribution in [1.29, 1.82) is 0 Å². The topological polar surface area (TPSA) is 38.5 Å². The van der Waals surface area contributed by atoms with Gasteiger partial charge in [-0.15, -0.1) is 0 Å². The van der Waals surface area contributed by atoms with Gasteiger partial charge in [0.25, 0.3) is 0 Å². The van der Waals surface area contributed by atoms with Crippen LogP contribution in [0.4, 0.5) is 0 Å². The number of hydrogen-bond donors (Lipinski definition) is 1. The van der Waals surface area contributed by atoms with Crippen LogP contribution in [0.3, 0.4) is 0 Å². The van der Waals surface area contributed by atoms with Crippen LogP contribution >= 0.6 is 0 Å². The number of rotatable bonds is 8. The van der Waals surface area contributed by atoms with E-state index >= 15 is 0 Å². The van der Waals surface area contributed by atoms with Gasteiger partial charge in [0, 0.05) is 24.7 Å². The van der Waals surface area contributed by atoms with Crippen molar-refractivity contribution in [2.75, 3.05) is 19.7 Å². The summed E-state index contributed by atoms with van der Waals surface area (Å²) in [5, 5.41) is 0. The largest absolute Gasteiger partial charge is 0.494 e. The zero-order valence-electron chi connectivity index (χ0n) is 13.8. The average Bonchev–Trinajstić information content (AvgIpc) is 2.43. The molecule has 0 heterocycles. The van der Waals surface area contributed by atoms with Gasteiger partial charge in [-0.2, -0.15) is 0 Å². The Hall–Kier alpha value is -1.06. The van der Waals surface area contributed by atoms with Gasteiger partial charge in [0.1, 0.15) is 5.75 Å². The van der Waals surface area contributed by atoms with Crippen molar-refractivity contribution < 1.29 is 4.74 Å². The molecule has 3 nitrogen and oxygen atoms in total. The van der Waals surface area contributed by atoms with Gasteiger partial charge < -0.3 is 10.5 Å². The highest BCUT2D eigenvalue weighted by molar-refractivity contribution is 5.38. The molecule has 0 aliphatic heterocycles. The van der Waals surface area contributed by atoms with E-state index in [2.05, 4.69) is 30.0 Å². The lowest BCUT2D eigenvalue weighted by atomic mass is 9.85. The molecule has 1 unspecified atom stereocenters. The molecule has 0 bridgehead atoms. The Kier molecular flexibility index (Phi) is 6.07. The van der Waals surface area contributed by atoms with Gasteiger partial charge >= 0.3 is 0 Å². The minimum absolute atomic E-state index is 0.0705. The van der Waals surface area contributed by atoms with Crippen molar-refractivity contribution in [1.82, 2.24) is 4.90 Å². The van der Waals surface area contributed by atoms with Gasteiger partial charge in [-0.05, 0) is 56.8 Å². The highest BCUT2D eigenvalue weighted by atomic mass is 16.5. The molecule has 1 saturated carbocycles. The lowest BCUT2D eigenvalue weighted by molar-refractivity contribution is 0.176. The molecule has 0 spiro atoms. The van der Waals surface area contributed by atoms with Crippen molar-refractivity contribution >= 4 is 0 Å². The quantitative estimate of drug-likeness (QED) is 0.793. The fourth-order valence-corrected chi connectivity index (χ4v) is 2.89. The fraction of sp³-hybridized carbons (Fsp3) is 0.667. The number of nitrogens with two attached hydrogens (primary N) is 1. The SMILES string of the molecule is CCOc1ccc(C(C)N)cc1CN(CC)CC1CCC1. The smallest absolute Gasteiger partial charge is 0.123 e. The maximum atomic E-state index is 6.03. The fourth-order valence-electron chi connectivity index (χ4n) is 2.89.